The Morgan fingerprint density at radius 1 is 1.33 bits per heavy atom. The second-order valence-electron chi connectivity index (χ2n) is 4.20. The third-order valence-electron chi connectivity index (χ3n) is 2.61. The van der Waals surface area contributed by atoms with Gasteiger partial charge in [0.05, 0.1) is 0 Å². The van der Waals surface area contributed by atoms with Crippen LogP contribution in [-0.4, -0.2) is 33.9 Å². The number of ether oxygens (including phenoxy) is 1. The number of hydrogen-bond acceptors (Lipinski definition) is 5. The van der Waals surface area contributed by atoms with Gasteiger partial charge >= 0.3 is 0 Å². The van der Waals surface area contributed by atoms with E-state index in [1.165, 1.54) is 0 Å². The first kappa shape index (κ1) is 12.5. The monoisotopic (exact) mass is 247 g/mol. The molecule has 1 aromatic carbocycles. The fourth-order valence-electron chi connectivity index (χ4n) is 1.86. The van der Waals surface area contributed by atoms with E-state index in [1.54, 1.807) is 11.8 Å². The van der Waals surface area contributed by atoms with Gasteiger partial charge in [-0.05, 0) is 47.5 Å². The van der Waals surface area contributed by atoms with E-state index in [9.17, 15) is 0 Å². The van der Waals surface area contributed by atoms with E-state index < -0.39 is 0 Å². The molecule has 0 radical (unpaired) electrons. The van der Waals surface area contributed by atoms with Crippen molar-refractivity contribution >= 4 is 5.69 Å². The molecule has 0 aliphatic heterocycles. The van der Waals surface area contributed by atoms with Crippen molar-refractivity contribution in [2.45, 2.75) is 19.9 Å². The van der Waals surface area contributed by atoms with Crippen molar-refractivity contribution < 1.29 is 4.74 Å². The number of methoxy groups -OCH3 is 1. The maximum absolute atomic E-state index is 5.84. The molecule has 0 spiro atoms. The molecule has 2 N–H and O–H groups in total. The quantitative estimate of drug-likeness (QED) is 0.635. The van der Waals surface area contributed by atoms with Gasteiger partial charge in [-0.3, -0.25) is 0 Å². The van der Waals surface area contributed by atoms with E-state index in [-0.39, 0.29) is 0 Å². The second kappa shape index (κ2) is 5.59. The van der Waals surface area contributed by atoms with Gasteiger partial charge in [0, 0.05) is 31.5 Å². The summed E-state index contributed by atoms with van der Waals surface area (Å²) in [6.07, 6.45) is 0.871. The number of aromatic nitrogens is 4. The highest BCUT2D eigenvalue weighted by Gasteiger charge is 2.09. The summed E-state index contributed by atoms with van der Waals surface area (Å²) in [6.45, 7) is 3.41. The van der Waals surface area contributed by atoms with E-state index in [4.69, 9.17) is 10.5 Å². The highest BCUT2D eigenvalue weighted by Crippen LogP contribution is 2.20. The van der Waals surface area contributed by atoms with Crippen molar-refractivity contribution in [3.8, 4) is 11.4 Å². The van der Waals surface area contributed by atoms with Gasteiger partial charge in [0.25, 0.3) is 0 Å². The summed E-state index contributed by atoms with van der Waals surface area (Å²) in [4.78, 5) is 0. The topological polar surface area (TPSA) is 78.8 Å². The van der Waals surface area contributed by atoms with Crippen LogP contribution in [0.25, 0.3) is 11.4 Å². The number of nitrogens with two attached hydrogens (primary N) is 1. The smallest absolute Gasteiger partial charge is 0.182 e. The number of anilines is 1. The summed E-state index contributed by atoms with van der Waals surface area (Å²) in [5.41, 5.74) is 8.59. The minimum absolute atomic E-state index is 0.690. The van der Waals surface area contributed by atoms with Crippen molar-refractivity contribution in [1.29, 1.82) is 0 Å². The minimum Gasteiger partial charge on any atom is -0.399 e. The van der Waals surface area contributed by atoms with Crippen molar-refractivity contribution in [3.63, 3.8) is 0 Å². The number of nitrogen functional groups attached to an aromatic ring is 1. The van der Waals surface area contributed by atoms with Crippen LogP contribution in [0, 0.1) is 6.92 Å². The van der Waals surface area contributed by atoms with Gasteiger partial charge in [-0.15, -0.1) is 5.10 Å². The van der Waals surface area contributed by atoms with Gasteiger partial charge in [0.1, 0.15) is 0 Å². The molecule has 96 valence electrons. The van der Waals surface area contributed by atoms with Gasteiger partial charge in [-0.1, -0.05) is 0 Å². The van der Waals surface area contributed by atoms with Gasteiger partial charge < -0.3 is 10.5 Å². The lowest BCUT2D eigenvalue weighted by atomic mass is 10.1. The molecule has 1 heterocycles. The Kier molecular flexibility index (Phi) is 3.88. The van der Waals surface area contributed by atoms with Gasteiger partial charge in [0.15, 0.2) is 5.82 Å². The lowest BCUT2D eigenvalue weighted by Gasteiger charge is -2.06. The number of aryl methyl sites for hydroxylation is 2. The SMILES string of the molecule is COCCCn1nnnc1-c1cc(C)cc(N)c1. The average molecular weight is 247 g/mol. The molecule has 0 unspecified atom stereocenters. The van der Waals surface area contributed by atoms with Gasteiger partial charge in [0.2, 0.25) is 0 Å². The molecule has 0 aliphatic rings. The summed E-state index contributed by atoms with van der Waals surface area (Å²) in [7, 11) is 1.68. The van der Waals surface area contributed by atoms with Crippen molar-refractivity contribution in [1.82, 2.24) is 20.2 Å². The molecule has 0 atom stereocenters. The number of benzene rings is 1. The number of nitrogens with zero attached hydrogens (tertiary/aromatic N) is 4. The van der Waals surface area contributed by atoms with Crippen LogP contribution >= 0.6 is 0 Å². The normalized spacial score (nSPS) is 10.8. The van der Waals surface area contributed by atoms with Crippen LogP contribution < -0.4 is 5.73 Å². The minimum atomic E-state index is 0.690. The Morgan fingerprint density at radius 3 is 2.89 bits per heavy atom. The molecule has 0 saturated heterocycles. The molecule has 1 aromatic heterocycles. The molecular formula is C12H17N5O. The fourth-order valence-corrected chi connectivity index (χ4v) is 1.86. The first-order valence-corrected chi connectivity index (χ1v) is 5.83. The Hall–Kier alpha value is -1.95. The lowest BCUT2D eigenvalue weighted by Crippen LogP contribution is -2.05. The summed E-state index contributed by atoms with van der Waals surface area (Å²) in [5.74, 6) is 0.738. The molecule has 2 rings (SSSR count). The van der Waals surface area contributed by atoms with Crippen LogP contribution in [0.2, 0.25) is 0 Å². The fraction of sp³-hybridized carbons (Fsp3) is 0.417. The maximum Gasteiger partial charge on any atom is 0.182 e. The molecule has 0 fully saturated rings. The Labute approximate surface area is 106 Å². The van der Waals surface area contributed by atoms with Gasteiger partial charge in [-0.2, -0.15) is 0 Å². The van der Waals surface area contributed by atoms with Crippen molar-refractivity contribution in [3.05, 3.63) is 23.8 Å². The third kappa shape index (κ3) is 2.84. The largest absolute Gasteiger partial charge is 0.399 e. The van der Waals surface area contributed by atoms with Crippen LogP contribution in [0.4, 0.5) is 5.69 Å². The molecular weight excluding hydrogens is 230 g/mol. The lowest BCUT2D eigenvalue weighted by molar-refractivity contribution is 0.189. The van der Waals surface area contributed by atoms with E-state index in [1.807, 2.05) is 25.1 Å². The number of tetrazole rings is 1. The molecule has 0 amide bonds. The average Bonchev–Trinajstić information content (AvgIpc) is 2.76. The van der Waals surface area contributed by atoms with Crippen molar-refractivity contribution in [2.24, 2.45) is 0 Å². The molecule has 0 bridgehead atoms. The van der Waals surface area contributed by atoms with E-state index >= 15 is 0 Å². The highest BCUT2D eigenvalue weighted by molar-refractivity contribution is 5.62. The summed E-state index contributed by atoms with van der Waals surface area (Å²) < 4.78 is 6.79. The highest BCUT2D eigenvalue weighted by atomic mass is 16.5. The number of hydrogen-bond donors (Lipinski definition) is 1. The molecule has 0 aliphatic carbocycles. The first-order chi connectivity index (χ1) is 8.70. The predicted molar refractivity (Wildman–Crippen MR) is 68.9 cm³/mol. The van der Waals surface area contributed by atoms with Crippen LogP contribution in [0.1, 0.15) is 12.0 Å². The zero-order valence-corrected chi connectivity index (χ0v) is 10.6. The Morgan fingerprint density at radius 2 is 2.17 bits per heavy atom. The molecule has 6 heteroatoms. The third-order valence-corrected chi connectivity index (χ3v) is 2.61. The standard InChI is InChI=1S/C12H17N5O/c1-9-6-10(8-11(13)7-9)12-14-15-16-17(12)4-3-5-18-2/h6-8H,3-5,13H2,1-2H3. The zero-order valence-electron chi connectivity index (χ0n) is 10.6. The van der Waals surface area contributed by atoms with E-state index in [2.05, 4.69) is 15.5 Å². The van der Waals surface area contributed by atoms with Crippen LogP contribution in [0.5, 0.6) is 0 Å². The van der Waals surface area contributed by atoms with E-state index in [0.29, 0.717) is 6.61 Å². The molecule has 6 nitrogen and oxygen atoms in total. The Bertz CT molecular complexity index is 503. The molecule has 2 aromatic rings. The van der Waals surface area contributed by atoms with Crippen molar-refractivity contribution in [2.75, 3.05) is 19.5 Å². The molecule has 18 heavy (non-hydrogen) atoms. The Balaban J connectivity index is 2.24. The summed E-state index contributed by atoms with van der Waals surface area (Å²) in [6, 6.07) is 5.82. The van der Waals surface area contributed by atoms with E-state index in [0.717, 1.165) is 35.6 Å². The first-order valence-electron chi connectivity index (χ1n) is 5.83. The predicted octanol–water partition coefficient (Wildman–Crippen LogP) is 1.27. The maximum atomic E-state index is 5.84. The zero-order chi connectivity index (χ0) is 13.0. The van der Waals surface area contributed by atoms with Crippen LogP contribution in [0.3, 0.4) is 0 Å². The van der Waals surface area contributed by atoms with Crippen LogP contribution in [-0.2, 0) is 11.3 Å². The molecule has 0 saturated carbocycles. The summed E-state index contributed by atoms with van der Waals surface area (Å²) >= 11 is 0. The number of rotatable bonds is 5. The summed E-state index contributed by atoms with van der Waals surface area (Å²) in [5, 5.41) is 11.8. The van der Waals surface area contributed by atoms with Crippen LogP contribution in [0.15, 0.2) is 18.2 Å². The van der Waals surface area contributed by atoms with Gasteiger partial charge in [-0.25, -0.2) is 4.68 Å². The second-order valence-corrected chi connectivity index (χ2v) is 4.20.